The number of carbonyl (C=O) groups excluding carboxylic acids is 2. The summed E-state index contributed by atoms with van der Waals surface area (Å²) in [4.78, 5) is 27.0. The summed E-state index contributed by atoms with van der Waals surface area (Å²) in [6.45, 7) is 7.27. The quantitative estimate of drug-likeness (QED) is 0.720. The molecule has 0 unspecified atom stereocenters. The van der Waals surface area contributed by atoms with Crippen LogP contribution in [0, 0.1) is 0 Å². The molecule has 6 nitrogen and oxygen atoms in total. The van der Waals surface area contributed by atoms with E-state index in [1.807, 2.05) is 13.8 Å². The molecule has 0 radical (unpaired) electrons. The molecular formula is C14H27N3O3. The first kappa shape index (κ1) is 16.9. The monoisotopic (exact) mass is 285 g/mol. The number of ether oxygens (including phenoxy) is 1. The smallest absolute Gasteiger partial charge is 0.248 e. The minimum Gasteiger partial charge on any atom is -0.368 e. The first-order valence-corrected chi connectivity index (χ1v) is 7.42. The molecule has 20 heavy (non-hydrogen) atoms. The van der Waals surface area contributed by atoms with Crippen LogP contribution in [-0.4, -0.2) is 74.1 Å². The number of carbonyl (C=O) groups is 2. The first-order valence-electron chi connectivity index (χ1n) is 7.42. The van der Waals surface area contributed by atoms with Crippen LogP contribution in [0.2, 0.25) is 0 Å². The lowest BCUT2D eigenvalue weighted by molar-refractivity contribution is -0.143. The third-order valence-corrected chi connectivity index (χ3v) is 3.64. The second-order valence-electron chi connectivity index (χ2n) is 5.08. The number of likely N-dealkylation sites (N-methyl/N-ethyl adjacent to an activating group) is 2. The van der Waals surface area contributed by atoms with Gasteiger partial charge in [-0.2, -0.15) is 0 Å². The van der Waals surface area contributed by atoms with Gasteiger partial charge < -0.3 is 19.9 Å². The van der Waals surface area contributed by atoms with Crippen molar-refractivity contribution < 1.29 is 14.3 Å². The number of piperidine rings is 1. The Bertz CT molecular complexity index is 313. The molecule has 1 saturated heterocycles. The summed E-state index contributed by atoms with van der Waals surface area (Å²) in [5.41, 5.74) is 0. The highest BCUT2D eigenvalue weighted by Crippen LogP contribution is 2.07. The third kappa shape index (κ3) is 5.46. The van der Waals surface area contributed by atoms with Crippen LogP contribution in [0.5, 0.6) is 0 Å². The summed E-state index contributed by atoms with van der Waals surface area (Å²) >= 11 is 0. The molecule has 2 amide bonds. The minimum absolute atomic E-state index is 0.0206. The SMILES string of the molecule is CCN(CC)C(=O)CN(C)C(=O)COC1CCNCC1. The van der Waals surface area contributed by atoms with E-state index in [-0.39, 0.29) is 31.1 Å². The Hall–Kier alpha value is -1.14. The molecule has 1 N–H and O–H groups in total. The van der Waals surface area contributed by atoms with E-state index in [0.717, 1.165) is 25.9 Å². The Morgan fingerprint density at radius 1 is 1.15 bits per heavy atom. The Morgan fingerprint density at radius 2 is 1.75 bits per heavy atom. The maximum atomic E-state index is 11.9. The van der Waals surface area contributed by atoms with Crippen LogP contribution in [0.3, 0.4) is 0 Å². The third-order valence-electron chi connectivity index (χ3n) is 3.64. The molecule has 0 bridgehead atoms. The van der Waals surface area contributed by atoms with E-state index in [1.54, 1.807) is 11.9 Å². The van der Waals surface area contributed by atoms with Crippen molar-refractivity contribution in [1.82, 2.24) is 15.1 Å². The van der Waals surface area contributed by atoms with Crippen molar-refractivity contribution in [2.75, 3.05) is 46.4 Å². The molecule has 0 aromatic carbocycles. The molecule has 1 heterocycles. The van der Waals surface area contributed by atoms with Crippen molar-refractivity contribution in [2.45, 2.75) is 32.8 Å². The fourth-order valence-corrected chi connectivity index (χ4v) is 2.23. The van der Waals surface area contributed by atoms with Gasteiger partial charge in [0, 0.05) is 20.1 Å². The topological polar surface area (TPSA) is 61.9 Å². The molecule has 0 saturated carbocycles. The van der Waals surface area contributed by atoms with Gasteiger partial charge in [0.05, 0.1) is 12.6 Å². The van der Waals surface area contributed by atoms with E-state index >= 15 is 0 Å². The van der Waals surface area contributed by atoms with Crippen LogP contribution in [0.4, 0.5) is 0 Å². The van der Waals surface area contributed by atoms with Crippen LogP contribution in [-0.2, 0) is 14.3 Å². The lowest BCUT2D eigenvalue weighted by atomic mass is 10.1. The molecule has 0 aromatic rings. The fraction of sp³-hybridized carbons (Fsp3) is 0.857. The Labute approximate surface area is 121 Å². The van der Waals surface area contributed by atoms with Gasteiger partial charge in [-0.25, -0.2) is 0 Å². The number of rotatable bonds is 7. The minimum atomic E-state index is -0.135. The summed E-state index contributed by atoms with van der Waals surface area (Å²) < 4.78 is 5.60. The van der Waals surface area contributed by atoms with Gasteiger partial charge in [-0.3, -0.25) is 9.59 Å². The van der Waals surface area contributed by atoms with Crippen molar-refractivity contribution in [3.63, 3.8) is 0 Å². The van der Waals surface area contributed by atoms with Gasteiger partial charge in [-0.05, 0) is 39.8 Å². The highest BCUT2D eigenvalue weighted by atomic mass is 16.5. The zero-order valence-electron chi connectivity index (χ0n) is 12.9. The molecule has 0 atom stereocenters. The highest BCUT2D eigenvalue weighted by molar-refractivity contribution is 5.85. The summed E-state index contributed by atoms with van der Waals surface area (Å²) in [6.07, 6.45) is 2.04. The van der Waals surface area contributed by atoms with Crippen LogP contribution in [0.1, 0.15) is 26.7 Å². The fourth-order valence-electron chi connectivity index (χ4n) is 2.23. The number of amides is 2. The van der Waals surface area contributed by atoms with Crippen molar-refractivity contribution in [1.29, 1.82) is 0 Å². The van der Waals surface area contributed by atoms with Crippen LogP contribution in [0.25, 0.3) is 0 Å². The van der Waals surface area contributed by atoms with Gasteiger partial charge in [-0.15, -0.1) is 0 Å². The molecule has 6 heteroatoms. The van der Waals surface area contributed by atoms with E-state index in [4.69, 9.17) is 4.74 Å². The standard InChI is InChI=1S/C14H27N3O3/c1-4-17(5-2)13(18)10-16(3)14(19)11-20-12-6-8-15-9-7-12/h12,15H,4-11H2,1-3H3. The molecule has 0 aromatic heterocycles. The average Bonchev–Trinajstić information content (AvgIpc) is 2.47. The lowest BCUT2D eigenvalue weighted by Gasteiger charge is -2.25. The van der Waals surface area contributed by atoms with Crippen molar-refractivity contribution >= 4 is 11.8 Å². The van der Waals surface area contributed by atoms with E-state index in [2.05, 4.69) is 5.32 Å². The molecule has 0 spiro atoms. The Morgan fingerprint density at radius 3 is 2.30 bits per heavy atom. The number of nitrogens with zero attached hydrogens (tertiary/aromatic N) is 2. The molecular weight excluding hydrogens is 258 g/mol. The summed E-state index contributed by atoms with van der Waals surface area (Å²) in [6, 6.07) is 0. The summed E-state index contributed by atoms with van der Waals surface area (Å²) in [7, 11) is 1.65. The summed E-state index contributed by atoms with van der Waals surface area (Å²) in [5, 5.41) is 3.25. The highest BCUT2D eigenvalue weighted by Gasteiger charge is 2.19. The molecule has 0 aliphatic carbocycles. The van der Waals surface area contributed by atoms with Crippen molar-refractivity contribution in [3.05, 3.63) is 0 Å². The molecule has 1 fully saturated rings. The van der Waals surface area contributed by atoms with Crippen LogP contribution >= 0.6 is 0 Å². The van der Waals surface area contributed by atoms with Crippen LogP contribution < -0.4 is 5.32 Å². The van der Waals surface area contributed by atoms with E-state index in [1.165, 1.54) is 4.90 Å². The van der Waals surface area contributed by atoms with E-state index in [0.29, 0.717) is 13.1 Å². The molecule has 1 aliphatic heterocycles. The maximum absolute atomic E-state index is 11.9. The zero-order chi connectivity index (χ0) is 15.0. The number of hydrogen-bond donors (Lipinski definition) is 1. The predicted octanol–water partition coefficient (Wildman–Crippen LogP) is 0.0818. The lowest BCUT2D eigenvalue weighted by Crippen LogP contribution is -2.42. The largest absolute Gasteiger partial charge is 0.368 e. The normalized spacial score (nSPS) is 15.9. The number of hydrogen-bond acceptors (Lipinski definition) is 4. The van der Waals surface area contributed by atoms with Crippen molar-refractivity contribution in [2.24, 2.45) is 0 Å². The second-order valence-corrected chi connectivity index (χ2v) is 5.08. The van der Waals surface area contributed by atoms with Gasteiger partial charge in [0.15, 0.2) is 0 Å². The second kappa shape index (κ2) is 8.92. The van der Waals surface area contributed by atoms with Gasteiger partial charge >= 0.3 is 0 Å². The maximum Gasteiger partial charge on any atom is 0.248 e. The first-order chi connectivity index (χ1) is 9.58. The Balaban J connectivity index is 2.29. The van der Waals surface area contributed by atoms with Crippen molar-refractivity contribution in [3.8, 4) is 0 Å². The number of nitrogens with one attached hydrogen (secondary N) is 1. The predicted molar refractivity (Wildman–Crippen MR) is 77.4 cm³/mol. The molecule has 116 valence electrons. The average molecular weight is 285 g/mol. The molecule has 1 aliphatic rings. The zero-order valence-corrected chi connectivity index (χ0v) is 12.9. The van der Waals surface area contributed by atoms with Gasteiger partial charge in [-0.1, -0.05) is 0 Å². The Kier molecular flexibility index (Phi) is 7.54. The summed E-state index contributed by atoms with van der Waals surface area (Å²) in [5.74, 6) is -0.156. The van der Waals surface area contributed by atoms with E-state index < -0.39 is 0 Å². The molecule has 1 rings (SSSR count). The van der Waals surface area contributed by atoms with Gasteiger partial charge in [0.2, 0.25) is 11.8 Å². The van der Waals surface area contributed by atoms with Gasteiger partial charge in [0.25, 0.3) is 0 Å². The van der Waals surface area contributed by atoms with Gasteiger partial charge in [0.1, 0.15) is 6.61 Å². The van der Waals surface area contributed by atoms with Crippen LogP contribution in [0.15, 0.2) is 0 Å². The van der Waals surface area contributed by atoms with E-state index in [9.17, 15) is 9.59 Å².